The molecule has 0 radical (unpaired) electrons. The molecule has 0 bridgehead atoms. The van der Waals surface area contributed by atoms with Gasteiger partial charge in [-0.15, -0.1) is 0 Å². The number of aryl methyl sites for hydroxylation is 1. The van der Waals surface area contributed by atoms with Crippen LogP contribution in [0.15, 0.2) is 48.5 Å². The molecule has 1 nitrogen and oxygen atoms in total. The Labute approximate surface area is 113 Å². The van der Waals surface area contributed by atoms with E-state index in [0.29, 0.717) is 11.4 Å². The summed E-state index contributed by atoms with van der Waals surface area (Å²) in [6.07, 6.45) is 0.577. The molecule has 0 amide bonds. The largest absolute Gasteiger partial charge is 0.385 e. The maximum absolute atomic E-state index is 10.6. The number of hydrogen-bond acceptors (Lipinski definition) is 1. The number of rotatable bonds is 3. The Hall–Kier alpha value is -1.31. The smallest absolute Gasteiger partial charge is 0.0908 e. The standard InChI is InChI=1S/C16H17ClO/c1-12-3-7-14(8-4-12)16(2,18)11-13-5-9-15(17)10-6-13/h3-10,18H,11H2,1-2H3. The van der Waals surface area contributed by atoms with Gasteiger partial charge in [-0.1, -0.05) is 53.6 Å². The molecule has 1 N–H and O–H groups in total. The van der Waals surface area contributed by atoms with E-state index in [2.05, 4.69) is 0 Å². The van der Waals surface area contributed by atoms with E-state index in [0.717, 1.165) is 11.1 Å². The van der Waals surface area contributed by atoms with E-state index < -0.39 is 5.60 Å². The van der Waals surface area contributed by atoms with Crippen LogP contribution in [-0.2, 0) is 12.0 Å². The summed E-state index contributed by atoms with van der Waals surface area (Å²) < 4.78 is 0. The van der Waals surface area contributed by atoms with Gasteiger partial charge in [0.1, 0.15) is 0 Å². The minimum atomic E-state index is -0.860. The Morgan fingerprint density at radius 1 is 1.00 bits per heavy atom. The molecule has 2 aromatic rings. The summed E-state index contributed by atoms with van der Waals surface area (Å²) in [6.45, 7) is 3.88. The second-order valence-electron chi connectivity index (χ2n) is 4.94. The maximum atomic E-state index is 10.6. The van der Waals surface area contributed by atoms with Crippen LogP contribution in [0.1, 0.15) is 23.6 Å². The van der Waals surface area contributed by atoms with E-state index in [1.54, 1.807) is 0 Å². The molecule has 1 atom stereocenters. The van der Waals surface area contributed by atoms with Crippen molar-refractivity contribution < 1.29 is 5.11 Å². The van der Waals surface area contributed by atoms with Crippen molar-refractivity contribution in [3.05, 3.63) is 70.2 Å². The fraction of sp³-hybridized carbons (Fsp3) is 0.250. The zero-order valence-corrected chi connectivity index (χ0v) is 11.4. The van der Waals surface area contributed by atoms with Gasteiger partial charge in [-0.25, -0.2) is 0 Å². The molecule has 0 aliphatic heterocycles. The van der Waals surface area contributed by atoms with Gasteiger partial charge in [0, 0.05) is 11.4 Å². The summed E-state index contributed by atoms with van der Waals surface area (Å²) in [6, 6.07) is 15.6. The normalized spacial score (nSPS) is 14.2. The van der Waals surface area contributed by atoms with Crippen LogP contribution in [0, 0.1) is 6.92 Å². The van der Waals surface area contributed by atoms with Crippen molar-refractivity contribution in [1.29, 1.82) is 0 Å². The van der Waals surface area contributed by atoms with E-state index in [9.17, 15) is 5.11 Å². The van der Waals surface area contributed by atoms with Gasteiger partial charge in [-0.3, -0.25) is 0 Å². The van der Waals surface area contributed by atoms with Gasteiger partial charge in [0.15, 0.2) is 0 Å². The first kappa shape index (κ1) is 13.1. The van der Waals surface area contributed by atoms with Crippen LogP contribution in [0.3, 0.4) is 0 Å². The molecule has 0 saturated carbocycles. The second-order valence-corrected chi connectivity index (χ2v) is 5.38. The van der Waals surface area contributed by atoms with E-state index in [-0.39, 0.29) is 0 Å². The predicted molar refractivity (Wildman–Crippen MR) is 75.9 cm³/mol. The fourth-order valence-electron chi connectivity index (χ4n) is 2.01. The highest BCUT2D eigenvalue weighted by Crippen LogP contribution is 2.26. The molecule has 0 fully saturated rings. The third-order valence-electron chi connectivity index (χ3n) is 3.14. The Balaban J connectivity index is 2.20. The number of benzene rings is 2. The first-order chi connectivity index (χ1) is 8.47. The molecule has 0 aliphatic rings. The van der Waals surface area contributed by atoms with Crippen LogP contribution in [0.5, 0.6) is 0 Å². The van der Waals surface area contributed by atoms with Crippen molar-refractivity contribution in [1.82, 2.24) is 0 Å². The first-order valence-electron chi connectivity index (χ1n) is 6.01. The maximum Gasteiger partial charge on any atom is 0.0908 e. The van der Waals surface area contributed by atoms with Crippen LogP contribution < -0.4 is 0 Å². The van der Waals surface area contributed by atoms with E-state index in [4.69, 9.17) is 11.6 Å². The van der Waals surface area contributed by atoms with E-state index in [1.807, 2.05) is 62.4 Å². The summed E-state index contributed by atoms with van der Waals surface area (Å²) in [5.41, 5.74) is 2.34. The van der Waals surface area contributed by atoms with Gasteiger partial charge in [0.05, 0.1) is 5.60 Å². The topological polar surface area (TPSA) is 20.2 Å². The molecule has 0 aliphatic carbocycles. The molecule has 2 aromatic carbocycles. The van der Waals surface area contributed by atoms with Crippen molar-refractivity contribution in [3.8, 4) is 0 Å². The summed E-state index contributed by atoms with van der Waals surface area (Å²) in [7, 11) is 0. The number of hydrogen-bond donors (Lipinski definition) is 1. The Morgan fingerprint density at radius 3 is 2.11 bits per heavy atom. The van der Waals surface area contributed by atoms with Gasteiger partial charge < -0.3 is 5.11 Å². The van der Waals surface area contributed by atoms with Crippen molar-refractivity contribution in [2.45, 2.75) is 25.9 Å². The van der Waals surface area contributed by atoms with Crippen LogP contribution in [0.4, 0.5) is 0 Å². The summed E-state index contributed by atoms with van der Waals surface area (Å²) in [4.78, 5) is 0. The molecule has 0 aromatic heterocycles. The zero-order valence-electron chi connectivity index (χ0n) is 10.7. The lowest BCUT2D eigenvalue weighted by Crippen LogP contribution is -2.24. The fourth-order valence-corrected chi connectivity index (χ4v) is 2.14. The van der Waals surface area contributed by atoms with Gasteiger partial charge >= 0.3 is 0 Å². The summed E-state index contributed by atoms with van der Waals surface area (Å²) in [5.74, 6) is 0. The van der Waals surface area contributed by atoms with Crippen LogP contribution >= 0.6 is 11.6 Å². The molecular weight excluding hydrogens is 244 g/mol. The minimum absolute atomic E-state index is 0.577. The highest BCUT2D eigenvalue weighted by Gasteiger charge is 2.23. The van der Waals surface area contributed by atoms with E-state index >= 15 is 0 Å². The Morgan fingerprint density at radius 2 is 1.56 bits per heavy atom. The highest BCUT2D eigenvalue weighted by atomic mass is 35.5. The monoisotopic (exact) mass is 260 g/mol. The van der Waals surface area contributed by atoms with E-state index in [1.165, 1.54) is 5.56 Å². The molecule has 94 valence electrons. The van der Waals surface area contributed by atoms with Crippen molar-refractivity contribution in [3.63, 3.8) is 0 Å². The van der Waals surface area contributed by atoms with Crippen LogP contribution in [-0.4, -0.2) is 5.11 Å². The lowest BCUT2D eigenvalue weighted by Gasteiger charge is -2.24. The molecule has 18 heavy (non-hydrogen) atoms. The zero-order chi connectivity index (χ0) is 13.2. The van der Waals surface area contributed by atoms with Crippen molar-refractivity contribution in [2.75, 3.05) is 0 Å². The Bertz CT molecular complexity index is 512. The van der Waals surface area contributed by atoms with Gasteiger partial charge in [0.25, 0.3) is 0 Å². The molecule has 1 unspecified atom stereocenters. The predicted octanol–water partition coefficient (Wildman–Crippen LogP) is 4.10. The molecule has 0 heterocycles. The van der Waals surface area contributed by atoms with Gasteiger partial charge in [-0.05, 0) is 37.1 Å². The lowest BCUT2D eigenvalue weighted by molar-refractivity contribution is 0.0576. The quantitative estimate of drug-likeness (QED) is 0.881. The van der Waals surface area contributed by atoms with Crippen LogP contribution in [0.2, 0.25) is 5.02 Å². The third-order valence-corrected chi connectivity index (χ3v) is 3.39. The highest BCUT2D eigenvalue weighted by molar-refractivity contribution is 6.30. The lowest BCUT2D eigenvalue weighted by atomic mass is 9.89. The average Bonchev–Trinajstić information content (AvgIpc) is 2.32. The average molecular weight is 261 g/mol. The SMILES string of the molecule is Cc1ccc(C(C)(O)Cc2ccc(Cl)cc2)cc1. The molecule has 0 saturated heterocycles. The molecule has 2 rings (SSSR count). The molecular formula is C16H17ClO. The molecule has 0 spiro atoms. The summed E-state index contributed by atoms with van der Waals surface area (Å²) in [5, 5.41) is 11.3. The summed E-state index contributed by atoms with van der Waals surface area (Å²) >= 11 is 5.85. The van der Waals surface area contributed by atoms with Crippen molar-refractivity contribution >= 4 is 11.6 Å². The number of aliphatic hydroxyl groups is 1. The third kappa shape index (κ3) is 3.12. The molecule has 2 heteroatoms. The minimum Gasteiger partial charge on any atom is -0.385 e. The van der Waals surface area contributed by atoms with Gasteiger partial charge in [0.2, 0.25) is 0 Å². The second kappa shape index (κ2) is 5.13. The Kier molecular flexibility index (Phi) is 3.74. The van der Waals surface area contributed by atoms with Crippen LogP contribution in [0.25, 0.3) is 0 Å². The van der Waals surface area contributed by atoms with Gasteiger partial charge in [-0.2, -0.15) is 0 Å². The first-order valence-corrected chi connectivity index (χ1v) is 6.39. The number of halogens is 1. The van der Waals surface area contributed by atoms with Crippen molar-refractivity contribution in [2.24, 2.45) is 0 Å².